The molecule has 4 heteroatoms. The van der Waals surface area contributed by atoms with Crippen molar-refractivity contribution in [2.75, 3.05) is 0 Å². The van der Waals surface area contributed by atoms with Crippen LogP contribution in [0.4, 0.5) is 0 Å². The van der Waals surface area contributed by atoms with E-state index in [1.165, 1.54) is 5.56 Å². The van der Waals surface area contributed by atoms with E-state index < -0.39 is 11.3 Å². The first-order valence-corrected chi connectivity index (χ1v) is 6.74. The van der Waals surface area contributed by atoms with E-state index in [9.17, 15) is 4.21 Å². The minimum atomic E-state index is -1.91. The number of benzene rings is 1. The molecule has 0 spiro atoms. The molecule has 2 N–H and O–H groups in total. The quantitative estimate of drug-likeness (QED) is 0.721. The van der Waals surface area contributed by atoms with Gasteiger partial charge in [0.15, 0.2) is 0 Å². The second kappa shape index (κ2) is 7.54. The van der Waals surface area contributed by atoms with Crippen LogP contribution in [0.1, 0.15) is 31.7 Å². The lowest BCUT2D eigenvalue weighted by molar-refractivity contribution is 0.484. The maximum absolute atomic E-state index is 10.7. The van der Waals surface area contributed by atoms with E-state index in [0.717, 1.165) is 25.7 Å². The highest BCUT2D eigenvalue weighted by atomic mass is 32.2. The van der Waals surface area contributed by atoms with Crippen molar-refractivity contribution in [2.24, 2.45) is 0 Å². The Kier molecular flexibility index (Phi) is 6.30. The molecular formula is C12H19NO2S. The van der Waals surface area contributed by atoms with E-state index in [2.05, 4.69) is 23.8 Å². The van der Waals surface area contributed by atoms with Gasteiger partial charge in [-0.3, -0.25) is 4.55 Å². The molecule has 0 aliphatic heterocycles. The van der Waals surface area contributed by atoms with Gasteiger partial charge in [-0.1, -0.05) is 43.7 Å². The minimum Gasteiger partial charge on any atom is -0.294 e. The highest BCUT2D eigenvalue weighted by molar-refractivity contribution is 7.77. The van der Waals surface area contributed by atoms with E-state index in [1.807, 2.05) is 18.2 Å². The SMILES string of the molecule is CCCC(CCc1ccccc1)NS(=O)O. The molecule has 0 aliphatic carbocycles. The molecule has 0 aliphatic rings. The third-order valence-electron chi connectivity index (χ3n) is 2.53. The van der Waals surface area contributed by atoms with E-state index >= 15 is 0 Å². The maximum Gasteiger partial charge on any atom is 0.231 e. The highest BCUT2D eigenvalue weighted by Crippen LogP contribution is 2.08. The molecule has 0 fully saturated rings. The van der Waals surface area contributed by atoms with E-state index in [4.69, 9.17) is 4.55 Å². The van der Waals surface area contributed by atoms with Crippen LogP contribution in [0.15, 0.2) is 30.3 Å². The monoisotopic (exact) mass is 241 g/mol. The van der Waals surface area contributed by atoms with Gasteiger partial charge in [0.2, 0.25) is 11.3 Å². The Hall–Kier alpha value is -0.710. The Morgan fingerprint density at radius 3 is 2.56 bits per heavy atom. The highest BCUT2D eigenvalue weighted by Gasteiger charge is 2.09. The predicted molar refractivity (Wildman–Crippen MR) is 67.4 cm³/mol. The van der Waals surface area contributed by atoms with Crippen LogP contribution < -0.4 is 4.72 Å². The fraction of sp³-hybridized carbons (Fsp3) is 0.500. The Morgan fingerprint density at radius 1 is 1.31 bits per heavy atom. The Balaban J connectivity index is 2.40. The van der Waals surface area contributed by atoms with Crippen LogP contribution >= 0.6 is 0 Å². The molecule has 0 radical (unpaired) electrons. The summed E-state index contributed by atoms with van der Waals surface area (Å²) in [7, 11) is 0. The van der Waals surface area contributed by atoms with E-state index in [0.29, 0.717) is 0 Å². The molecule has 0 bridgehead atoms. The van der Waals surface area contributed by atoms with Gasteiger partial charge in [0.25, 0.3) is 0 Å². The normalized spacial score (nSPS) is 14.6. The van der Waals surface area contributed by atoms with Crippen molar-refractivity contribution in [1.29, 1.82) is 0 Å². The number of nitrogens with one attached hydrogen (secondary N) is 1. The first-order valence-electron chi connectivity index (χ1n) is 5.63. The van der Waals surface area contributed by atoms with Gasteiger partial charge in [0.05, 0.1) is 0 Å². The van der Waals surface area contributed by atoms with Gasteiger partial charge >= 0.3 is 0 Å². The van der Waals surface area contributed by atoms with Crippen molar-refractivity contribution in [3.63, 3.8) is 0 Å². The topological polar surface area (TPSA) is 49.3 Å². The molecule has 3 nitrogen and oxygen atoms in total. The van der Waals surface area contributed by atoms with Crippen LogP contribution in [0.5, 0.6) is 0 Å². The summed E-state index contributed by atoms with van der Waals surface area (Å²) in [6.07, 6.45) is 3.78. The van der Waals surface area contributed by atoms with Crippen molar-refractivity contribution >= 4 is 11.3 Å². The van der Waals surface area contributed by atoms with Gasteiger partial charge < -0.3 is 0 Å². The summed E-state index contributed by atoms with van der Waals surface area (Å²) in [4.78, 5) is 0. The molecule has 1 rings (SSSR count). The number of rotatable bonds is 7. The lowest BCUT2D eigenvalue weighted by Crippen LogP contribution is -2.30. The average Bonchev–Trinajstić information content (AvgIpc) is 2.27. The first-order chi connectivity index (χ1) is 7.72. The fourth-order valence-corrected chi connectivity index (χ4v) is 2.26. The summed E-state index contributed by atoms with van der Waals surface area (Å²) in [6.45, 7) is 2.08. The van der Waals surface area contributed by atoms with Crippen molar-refractivity contribution < 1.29 is 8.76 Å². The zero-order valence-corrected chi connectivity index (χ0v) is 10.4. The molecule has 1 aromatic carbocycles. The van der Waals surface area contributed by atoms with Gasteiger partial charge in [0.1, 0.15) is 0 Å². The van der Waals surface area contributed by atoms with Crippen molar-refractivity contribution in [3.8, 4) is 0 Å². The molecule has 1 aromatic rings. The van der Waals surface area contributed by atoms with Crippen molar-refractivity contribution in [2.45, 2.75) is 38.6 Å². The van der Waals surface area contributed by atoms with Gasteiger partial charge in [-0.25, -0.2) is 8.93 Å². The zero-order valence-electron chi connectivity index (χ0n) is 9.56. The second-order valence-corrected chi connectivity index (χ2v) is 4.61. The summed E-state index contributed by atoms with van der Waals surface area (Å²) in [5, 5.41) is 0. The van der Waals surface area contributed by atoms with Gasteiger partial charge in [-0.05, 0) is 24.8 Å². The summed E-state index contributed by atoms with van der Waals surface area (Å²) in [5.41, 5.74) is 1.27. The zero-order chi connectivity index (χ0) is 11.8. The van der Waals surface area contributed by atoms with Crippen LogP contribution in [-0.4, -0.2) is 14.8 Å². The molecular weight excluding hydrogens is 222 g/mol. The van der Waals surface area contributed by atoms with Gasteiger partial charge in [-0.2, -0.15) is 0 Å². The van der Waals surface area contributed by atoms with E-state index in [1.54, 1.807) is 0 Å². The van der Waals surface area contributed by atoms with Crippen molar-refractivity contribution in [1.82, 2.24) is 4.72 Å². The molecule has 90 valence electrons. The average molecular weight is 241 g/mol. The number of aryl methyl sites for hydroxylation is 1. The molecule has 0 saturated heterocycles. The van der Waals surface area contributed by atoms with Crippen LogP contribution in [0.25, 0.3) is 0 Å². The van der Waals surface area contributed by atoms with Crippen LogP contribution in [0, 0.1) is 0 Å². The third kappa shape index (κ3) is 5.39. The van der Waals surface area contributed by atoms with E-state index in [-0.39, 0.29) is 6.04 Å². The fourth-order valence-electron chi connectivity index (χ4n) is 1.74. The number of hydrogen-bond acceptors (Lipinski definition) is 1. The molecule has 2 unspecified atom stereocenters. The molecule has 0 aromatic heterocycles. The van der Waals surface area contributed by atoms with Crippen LogP contribution in [0.3, 0.4) is 0 Å². The standard InChI is InChI=1S/C12H19NO2S/c1-2-6-12(13-16(14)15)10-9-11-7-4-3-5-8-11/h3-5,7-8,12-13H,2,6,9-10H2,1H3,(H,14,15). The van der Waals surface area contributed by atoms with Gasteiger partial charge in [-0.15, -0.1) is 0 Å². The summed E-state index contributed by atoms with van der Waals surface area (Å²) in [6, 6.07) is 10.3. The maximum atomic E-state index is 10.7. The second-order valence-electron chi connectivity index (χ2n) is 3.88. The summed E-state index contributed by atoms with van der Waals surface area (Å²) >= 11 is -1.91. The Morgan fingerprint density at radius 2 is 2.00 bits per heavy atom. The van der Waals surface area contributed by atoms with Gasteiger partial charge in [0, 0.05) is 6.04 Å². The molecule has 0 heterocycles. The molecule has 16 heavy (non-hydrogen) atoms. The lowest BCUT2D eigenvalue weighted by atomic mass is 10.0. The van der Waals surface area contributed by atoms with Crippen LogP contribution in [0.2, 0.25) is 0 Å². The largest absolute Gasteiger partial charge is 0.294 e. The minimum absolute atomic E-state index is 0.121. The summed E-state index contributed by atoms with van der Waals surface area (Å²) in [5.74, 6) is 0. The Bertz CT molecular complexity index is 316. The lowest BCUT2D eigenvalue weighted by Gasteiger charge is -2.15. The predicted octanol–water partition coefficient (Wildman–Crippen LogP) is 2.51. The summed E-state index contributed by atoms with van der Waals surface area (Å²) < 4.78 is 22.2. The molecule has 0 amide bonds. The van der Waals surface area contributed by atoms with Crippen molar-refractivity contribution in [3.05, 3.63) is 35.9 Å². The first kappa shape index (κ1) is 13.4. The third-order valence-corrected chi connectivity index (χ3v) is 3.06. The Labute approximate surface area is 99.7 Å². The molecule has 0 saturated carbocycles. The molecule has 2 atom stereocenters. The van der Waals surface area contributed by atoms with Crippen LogP contribution in [-0.2, 0) is 17.7 Å². The number of hydrogen-bond donors (Lipinski definition) is 2. The smallest absolute Gasteiger partial charge is 0.231 e.